The number of carbonyl (C=O) groups is 1. The number of hydrogen-bond acceptors (Lipinski definition) is 5. The fourth-order valence-electron chi connectivity index (χ4n) is 2.94. The fraction of sp³-hybridized carbons (Fsp3) is 0.318. The Hall–Kier alpha value is -3.15. The zero-order valence-corrected chi connectivity index (χ0v) is 16.7. The van der Waals surface area contributed by atoms with Gasteiger partial charge >= 0.3 is 0 Å². The molecule has 0 bridgehead atoms. The Kier molecular flexibility index (Phi) is 6.09. The smallest absolute Gasteiger partial charge is 0.246 e. The zero-order valence-electron chi connectivity index (χ0n) is 16.7. The summed E-state index contributed by atoms with van der Waals surface area (Å²) >= 11 is 0. The third-order valence-electron chi connectivity index (χ3n) is 4.53. The lowest BCUT2D eigenvalue weighted by Gasteiger charge is -2.15. The van der Waals surface area contributed by atoms with Crippen LogP contribution in [0.2, 0.25) is 0 Å². The summed E-state index contributed by atoms with van der Waals surface area (Å²) in [5.74, 6) is 1.70. The van der Waals surface area contributed by atoms with Crippen LogP contribution in [0.3, 0.4) is 0 Å². The van der Waals surface area contributed by atoms with E-state index in [-0.39, 0.29) is 12.5 Å². The molecule has 0 atom stereocenters. The number of nitrogens with zero attached hydrogens (tertiary/aromatic N) is 3. The van der Waals surface area contributed by atoms with Gasteiger partial charge in [0.05, 0.1) is 19.6 Å². The fourth-order valence-corrected chi connectivity index (χ4v) is 2.94. The number of ether oxygens (including phenoxy) is 1. The number of amides is 1. The Labute approximate surface area is 165 Å². The Bertz CT molecular complexity index is 948. The predicted molar refractivity (Wildman–Crippen MR) is 107 cm³/mol. The Morgan fingerprint density at radius 2 is 1.89 bits per heavy atom. The highest BCUT2D eigenvalue weighted by Gasteiger charge is 2.16. The average Bonchev–Trinajstić information content (AvgIpc) is 3.13. The molecule has 1 heterocycles. The van der Waals surface area contributed by atoms with Gasteiger partial charge in [-0.05, 0) is 56.2 Å². The summed E-state index contributed by atoms with van der Waals surface area (Å²) in [6.45, 7) is 6.90. The molecule has 1 aromatic heterocycles. The van der Waals surface area contributed by atoms with Crippen molar-refractivity contribution in [1.82, 2.24) is 15.0 Å². The molecule has 0 fully saturated rings. The number of hydrogen-bond donors (Lipinski definition) is 0. The van der Waals surface area contributed by atoms with Crippen LogP contribution in [0, 0.1) is 13.8 Å². The standard InChI is InChI=1S/C22H25N3O3/c1-5-27-19-10-8-17(9-11-19)22-23-20(28-24-22)14-25(4)21(26)13-18-7-6-15(2)12-16(18)3/h6-12H,5,13-14H2,1-4H3. The molecule has 3 rings (SSSR count). The molecule has 3 aromatic rings. The highest BCUT2D eigenvalue weighted by atomic mass is 16.5. The molecule has 0 saturated heterocycles. The largest absolute Gasteiger partial charge is 0.494 e. The number of aryl methyl sites for hydroxylation is 2. The maximum Gasteiger partial charge on any atom is 0.246 e. The highest BCUT2D eigenvalue weighted by molar-refractivity contribution is 5.78. The quantitative estimate of drug-likeness (QED) is 0.622. The second-order valence-corrected chi connectivity index (χ2v) is 6.83. The molecule has 6 heteroatoms. The van der Waals surface area contributed by atoms with Crippen LogP contribution in [-0.4, -0.2) is 34.6 Å². The third kappa shape index (κ3) is 4.76. The molecule has 0 N–H and O–H groups in total. The van der Waals surface area contributed by atoms with Gasteiger partial charge in [0.2, 0.25) is 17.6 Å². The topological polar surface area (TPSA) is 68.5 Å². The number of benzene rings is 2. The highest BCUT2D eigenvalue weighted by Crippen LogP contribution is 2.20. The van der Waals surface area contributed by atoms with Gasteiger partial charge in [-0.25, -0.2) is 0 Å². The molecular formula is C22H25N3O3. The minimum atomic E-state index is 0.00719. The SMILES string of the molecule is CCOc1ccc(-c2noc(CN(C)C(=O)Cc3ccc(C)cc3C)n2)cc1. The Morgan fingerprint density at radius 1 is 1.14 bits per heavy atom. The van der Waals surface area contributed by atoms with Crippen molar-refractivity contribution in [2.75, 3.05) is 13.7 Å². The number of carbonyl (C=O) groups excluding carboxylic acids is 1. The first-order valence-electron chi connectivity index (χ1n) is 9.32. The van der Waals surface area contributed by atoms with Crippen LogP contribution in [0.1, 0.15) is 29.5 Å². The van der Waals surface area contributed by atoms with Gasteiger partial charge in [-0.1, -0.05) is 28.9 Å². The first-order chi connectivity index (χ1) is 13.5. The summed E-state index contributed by atoms with van der Waals surface area (Å²) < 4.78 is 10.8. The maximum absolute atomic E-state index is 12.6. The molecule has 6 nitrogen and oxygen atoms in total. The van der Waals surface area contributed by atoms with Crippen LogP contribution in [0.4, 0.5) is 0 Å². The molecule has 0 aliphatic carbocycles. The van der Waals surface area contributed by atoms with E-state index in [9.17, 15) is 4.79 Å². The third-order valence-corrected chi connectivity index (χ3v) is 4.53. The summed E-state index contributed by atoms with van der Waals surface area (Å²) in [5.41, 5.74) is 4.18. The van der Waals surface area contributed by atoms with E-state index in [1.54, 1.807) is 11.9 Å². The molecule has 0 saturated carbocycles. The first-order valence-corrected chi connectivity index (χ1v) is 9.32. The van der Waals surface area contributed by atoms with Crippen molar-refractivity contribution in [1.29, 1.82) is 0 Å². The molecule has 2 aromatic carbocycles. The Balaban J connectivity index is 1.62. The van der Waals surface area contributed by atoms with E-state index in [0.29, 0.717) is 24.7 Å². The van der Waals surface area contributed by atoms with Gasteiger partial charge in [-0.2, -0.15) is 4.98 Å². The second-order valence-electron chi connectivity index (χ2n) is 6.83. The zero-order chi connectivity index (χ0) is 20.1. The molecule has 0 aliphatic heterocycles. The lowest BCUT2D eigenvalue weighted by molar-refractivity contribution is -0.130. The Morgan fingerprint density at radius 3 is 2.57 bits per heavy atom. The minimum Gasteiger partial charge on any atom is -0.494 e. The number of aromatic nitrogens is 2. The van der Waals surface area contributed by atoms with Gasteiger partial charge in [0, 0.05) is 12.6 Å². The minimum absolute atomic E-state index is 0.00719. The van der Waals surface area contributed by atoms with Crippen molar-refractivity contribution in [3.05, 3.63) is 65.0 Å². The van der Waals surface area contributed by atoms with Crippen LogP contribution in [-0.2, 0) is 17.8 Å². The van der Waals surface area contributed by atoms with Gasteiger partial charge in [0.25, 0.3) is 0 Å². The molecule has 0 spiro atoms. The van der Waals surface area contributed by atoms with Crippen LogP contribution in [0.25, 0.3) is 11.4 Å². The summed E-state index contributed by atoms with van der Waals surface area (Å²) in [7, 11) is 1.74. The molecular weight excluding hydrogens is 354 g/mol. The van der Waals surface area contributed by atoms with Crippen LogP contribution >= 0.6 is 0 Å². The van der Waals surface area contributed by atoms with E-state index >= 15 is 0 Å². The van der Waals surface area contributed by atoms with Crippen molar-refractivity contribution in [2.24, 2.45) is 0 Å². The van der Waals surface area contributed by atoms with Gasteiger partial charge in [-0.3, -0.25) is 4.79 Å². The number of likely N-dealkylation sites (N-methyl/N-ethyl adjacent to an activating group) is 1. The van der Waals surface area contributed by atoms with Gasteiger partial charge in [0.15, 0.2) is 0 Å². The van der Waals surface area contributed by atoms with E-state index in [4.69, 9.17) is 9.26 Å². The van der Waals surface area contributed by atoms with Gasteiger partial charge in [0.1, 0.15) is 5.75 Å². The number of rotatable bonds is 7. The second kappa shape index (κ2) is 8.69. The molecule has 146 valence electrons. The van der Waals surface area contributed by atoms with Gasteiger partial charge in [-0.15, -0.1) is 0 Å². The van der Waals surface area contributed by atoms with Crippen molar-refractivity contribution in [2.45, 2.75) is 33.7 Å². The summed E-state index contributed by atoms with van der Waals surface area (Å²) in [5, 5.41) is 4.02. The van der Waals surface area contributed by atoms with Crippen LogP contribution in [0.5, 0.6) is 5.75 Å². The molecule has 0 unspecified atom stereocenters. The predicted octanol–water partition coefficient (Wildman–Crippen LogP) is 3.95. The lowest BCUT2D eigenvalue weighted by Crippen LogP contribution is -2.28. The van der Waals surface area contributed by atoms with Crippen LogP contribution in [0.15, 0.2) is 47.0 Å². The van der Waals surface area contributed by atoms with Gasteiger partial charge < -0.3 is 14.2 Å². The summed E-state index contributed by atoms with van der Waals surface area (Å²) in [6, 6.07) is 13.6. The van der Waals surface area contributed by atoms with Crippen molar-refractivity contribution in [3.63, 3.8) is 0 Å². The molecule has 28 heavy (non-hydrogen) atoms. The molecule has 1 amide bonds. The van der Waals surface area contributed by atoms with E-state index in [1.807, 2.05) is 57.2 Å². The van der Waals surface area contributed by atoms with Crippen molar-refractivity contribution < 1.29 is 14.1 Å². The van der Waals surface area contributed by atoms with Crippen LogP contribution < -0.4 is 4.74 Å². The van der Waals surface area contributed by atoms with E-state index in [1.165, 1.54) is 5.56 Å². The first kappa shape index (κ1) is 19.6. The summed E-state index contributed by atoms with van der Waals surface area (Å²) in [4.78, 5) is 18.6. The average molecular weight is 379 g/mol. The molecule has 0 radical (unpaired) electrons. The van der Waals surface area contributed by atoms with Crippen molar-refractivity contribution in [3.8, 4) is 17.1 Å². The monoisotopic (exact) mass is 379 g/mol. The molecule has 0 aliphatic rings. The summed E-state index contributed by atoms with van der Waals surface area (Å²) in [6.07, 6.45) is 0.350. The van der Waals surface area contributed by atoms with E-state index in [0.717, 1.165) is 22.4 Å². The van der Waals surface area contributed by atoms with E-state index in [2.05, 4.69) is 16.2 Å². The van der Waals surface area contributed by atoms with Crippen molar-refractivity contribution >= 4 is 5.91 Å². The normalized spacial score (nSPS) is 10.7. The van der Waals surface area contributed by atoms with E-state index < -0.39 is 0 Å². The lowest BCUT2D eigenvalue weighted by atomic mass is 10.0. The maximum atomic E-state index is 12.6.